The van der Waals surface area contributed by atoms with E-state index in [4.69, 9.17) is 5.11 Å². The van der Waals surface area contributed by atoms with E-state index in [9.17, 15) is 8.78 Å². The lowest BCUT2D eigenvalue weighted by atomic mass is 10.3. The Bertz CT molecular complexity index is 455. The van der Waals surface area contributed by atoms with E-state index in [1.165, 1.54) is 6.07 Å². The van der Waals surface area contributed by atoms with Crippen LogP contribution < -0.4 is 0 Å². The predicted molar refractivity (Wildman–Crippen MR) is 45.5 cm³/mol. The van der Waals surface area contributed by atoms with Gasteiger partial charge in [0.2, 0.25) is 0 Å². The molecule has 1 N–H and O–H groups in total. The van der Waals surface area contributed by atoms with Crippen molar-refractivity contribution in [1.29, 1.82) is 0 Å². The smallest absolute Gasteiger partial charge is 0.153 e. The molecule has 2 rings (SSSR count). The van der Waals surface area contributed by atoms with Gasteiger partial charge >= 0.3 is 0 Å². The number of thiazole rings is 1. The summed E-state index contributed by atoms with van der Waals surface area (Å²) >= 11 is 1.08. The number of halogens is 2. The molecular formula is C8H5F2NOS. The molecule has 0 spiro atoms. The fourth-order valence-electron chi connectivity index (χ4n) is 1.07. The second-order valence-electron chi connectivity index (χ2n) is 2.50. The molecule has 0 saturated carbocycles. The summed E-state index contributed by atoms with van der Waals surface area (Å²) < 4.78 is 26.1. The molecule has 5 heteroatoms. The number of fused-ring (bicyclic) bond motifs is 1. The van der Waals surface area contributed by atoms with Gasteiger partial charge in [-0.1, -0.05) is 0 Å². The molecule has 68 valence electrons. The zero-order chi connectivity index (χ0) is 9.42. The zero-order valence-corrected chi connectivity index (χ0v) is 7.24. The fraction of sp³-hybridized carbons (Fsp3) is 0.125. The summed E-state index contributed by atoms with van der Waals surface area (Å²) in [5.41, 5.74) is 0.121. The first-order valence-electron chi connectivity index (χ1n) is 3.56. The molecule has 1 heterocycles. The van der Waals surface area contributed by atoms with Gasteiger partial charge in [0.05, 0.1) is 11.3 Å². The van der Waals surface area contributed by atoms with Gasteiger partial charge in [0, 0.05) is 6.07 Å². The number of hydrogen-bond acceptors (Lipinski definition) is 3. The monoisotopic (exact) mass is 201 g/mol. The highest BCUT2D eigenvalue weighted by atomic mass is 32.1. The minimum atomic E-state index is -0.689. The average molecular weight is 201 g/mol. The molecule has 2 aromatic rings. The Hall–Kier alpha value is -1.07. The first kappa shape index (κ1) is 8.52. The second-order valence-corrected chi connectivity index (χ2v) is 3.62. The van der Waals surface area contributed by atoms with E-state index in [0.29, 0.717) is 9.71 Å². The number of hydrogen-bond donors (Lipinski definition) is 1. The van der Waals surface area contributed by atoms with Gasteiger partial charge in [0.1, 0.15) is 16.3 Å². The van der Waals surface area contributed by atoms with Gasteiger partial charge in [-0.3, -0.25) is 0 Å². The molecule has 13 heavy (non-hydrogen) atoms. The van der Waals surface area contributed by atoms with Gasteiger partial charge in [-0.2, -0.15) is 0 Å². The van der Waals surface area contributed by atoms with Crippen LogP contribution >= 0.6 is 11.3 Å². The number of nitrogens with zero attached hydrogens (tertiary/aromatic N) is 1. The Balaban J connectivity index is 2.75. The number of aliphatic hydroxyl groups is 1. The van der Waals surface area contributed by atoms with Gasteiger partial charge in [-0.15, -0.1) is 11.3 Å². The number of aliphatic hydroxyl groups excluding tert-OH is 1. The third-order valence-corrected chi connectivity index (χ3v) is 2.58. The molecule has 0 aliphatic rings. The van der Waals surface area contributed by atoms with Crippen LogP contribution in [0.4, 0.5) is 8.78 Å². The molecule has 0 unspecified atom stereocenters. The SMILES string of the molecule is OCc1nc2c(F)cc(F)cc2s1. The van der Waals surface area contributed by atoms with Crippen molar-refractivity contribution in [3.05, 3.63) is 28.8 Å². The van der Waals surface area contributed by atoms with E-state index >= 15 is 0 Å². The summed E-state index contributed by atoms with van der Waals surface area (Å²) in [5.74, 6) is -1.32. The molecule has 0 saturated heterocycles. The molecule has 1 aromatic heterocycles. The molecule has 0 aliphatic heterocycles. The Labute approximate surface area is 76.5 Å². The fourth-order valence-corrected chi connectivity index (χ4v) is 1.94. The van der Waals surface area contributed by atoms with Crippen LogP contribution in [-0.2, 0) is 6.61 Å². The Kier molecular flexibility index (Phi) is 1.97. The summed E-state index contributed by atoms with van der Waals surface area (Å²) in [5, 5.41) is 9.12. The molecule has 0 radical (unpaired) electrons. The van der Waals surface area contributed by atoms with Gasteiger partial charge in [-0.05, 0) is 6.07 Å². The molecule has 0 aliphatic carbocycles. The highest BCUT2D eigenvalue weighted by Gasteiger charge is 2.09. The third-order valence-electron chi connectivity index (χ3n) is 1.59. The highest BCUT2D eigenvalue weighted by molar-refractivity contribution is 7.18. The van der Waals surface area contributed by atoms with Crippen molar-refractivity contribution in [2.24, 2.45) is 0 Å². The van der Waals surface area contributed by atoms with E-state index < -0.39 is 11.6 Å². The Morgan fingerprint density at radius 3 is 2.85 bits per heavy atom. The van der Waals surface area contributed by atoms with Crippen LogP contribution in [0.2, 0.25) is 0 Å². The largest absolute Gasteiger partial charge is 0.389 e. The molecule has 0 atom stereocenters. The predicted octanol–water partition coefficient (Wildman–Crippen LogP) is 2.07. The third kappa shape index (κ3) is 1.40. The normalized spacial score (nSPS) is 11.0. The van der Waals surface area contributed by atoms with Crippen LogP contribution in [-0.4, -0.2) is 10.1 Å². The summed E-state index contributed by atoms with van der Waals surface area (Å²) in [6.07, 6.45) is 0. The van der Waals surface area contributed by atoms with E-state index in [0.717, 1.165) is 17.4 Å². The highest BCUT2D eigenvalue weighted by Crippen LogP contribution is 2.25. The van der Waals surface area contributed by atoms with Crippen LogP contribution in [0.15, 0.2) is 12.1 Å². The minimum absolute atomic E-state index is 0.121. The van der Waals surface area contributed by atoms with Gasteiger partial charge in [-0.25, -0.2) is 13.8 Å². The summed E-state index contributed by atoms with van der Waals surface area (Å²) in [6.45, 7) is -0.250. The molecule has 0 amide bonds. The maximum absolute atomic E-state index is 13.0. The van der Waals surface area contributed by atoms with Crippen LogP contribution in [0, 0.1) is 11.6 Å². The van der Waals surface area contributed by atoms with Crippen LogP contribution in [0.1, 0.15) is 5.01 Å². The maximum atomic E-state index is 13.0. The summed E-state index contributed by atoms with van der Waals surface area (Å²) in [6, 6.07) is 1.98. The quantitative estimate of drug-likeness (QED) is 0.766. The van der Waals surface area contributed by atoms with Crippen molar-refractivity contribution in [2.75, 3.05) is 0 Å². The van der Waals surface area contributed by atoms with Crippen LogP contribution in [0.25, 0.3) is 10.2 Å². The molecular weight excluding hydrogens is 196 g/mol. The van der Waals surface area contributed by atoms with Crippen molar-refractivity contribution in [2.45, 2.75) is 6.61 Å². The van der Waals surface area contributed by atoms with Gasteiger partial charge < -0.3 is 5.11 Å². The Morgan fingerprint density at radius 1 is 1.38 bits per heavy atom. The van der Waals surface area contributed by atoms with E-state index in [2.05, 4.69) is 4.98 Å². The van der Waals surface area contributed by atoms with E-state index in [1.807, 2.05) is 0 Å². The van der Waals surface area contributed by atoms with E-state index in [-0.39, 0.29) is 12.1 Å². The zero-order valence-electron chi connectivity index (χ0n) is 6.42. The van der Waals surface area contributed by atoms with Crippen molar-refractivity contribution in [3.63, 3.8) is 0 Å². The maximum Gasteiger partial charge on any atom is 0.153 e. The van der Waals surface area contributed by atoms with E-state index in [1.54, 1.807) is 0 Å². The molecule has 0 bridgehead atoms. The summed E-state index contributed by atoms with van der Waals surface area (Å²) in [4.78, 5) is 3.80. The first-order valence-corrected chi connectivity index (χ1v) is 4.37. The van der Waals surface area contributed by atoms with Crippen LogP contribution in [0.5, 0.6) is 0 Å². The first-order chi connectivity index (χ1) is 6.20. The lowest BCUT2D eigenvalue weighted by Gasteiger charge is -1.90. The van der Waals surface area contributed by atoms with Crippen molar-refractivity contribution < 1.29 is 13.9 Å². The second kappa shape index (κ2) is 3.01. The van der Waals surface area contributed by atoms with Crippen molar-refractivity contribution >= 4 is 21.6 Å². The van der Waals surface area contributed by atoms with Crippen molar-refractivity contribution in [3.8, 4) is 0 Å². The Morgan fingerprint density at radius 2 is 2.15 bits per heavy atom. The standard InChI is InChI=1S/C8H5F2NOS/c9-4-1-5(10)8-6(2-4)13-7(3-12)11-8/h1-2,12H,3H2. The number of rotatable bonds is 1. The van der Waals surface area contributed by atoms with Crippen molar-refractivity contribution in [1.82, 2.24) is 4.98 Å². The minimum Gasteiger partial charge on any atom is -0.389 e. The number of aromatic nitrogens is 1. The number of benzene rings is 1. The molecule has 1 aromatic carbocycles. The van der Waals surface area contributed by atoms with Gasteiger partial charge in [0.15, 0.2) is 5.82 Å². The molecule has 2 nitrogen and oxygen atoms in total. The summed E-state index contributed by atoms with van der Waals surface area (Å²) in [7, 11) is 0. The topological polar surface area (TPSA) is 33.1 Å². The molecule has 0 fully saturated rings. The van der Waals surface area contributed by atoms with Gasteiger partial charge in [0.25, 0.3) is 0 Å². The average Bonchev–Trinajstić information content (AvgIpc) is 2.47. The van der Waals surface area contributed by atoms with Crippen LogP contribution in [0.3, 0.4) is 0 Å². The lowest BCUT2D eigenvalue weighted by Crippen LogP contribution is -1.82. The lowest BCUT2D eigenvalue weighted by molar-refractivity contribution is 0.281.